The largest absolute Gasteiger partial charge is 0.467 e. The zero-order valence-corrected chi connectivity index (χ0v) is 19.8. The van der Waals surface area contributed by atoms with Gasteiger partial charge in [0.2, 0.25) is 11.9 Å². The summed E-state index contributed by atoms with van der Waals surface area (Å²) in [5.74, 6) is -1.15. The number of aromatic nitrogens is 7. The topological polar surface area (TPSA) is 233 Å². The van der Waals surface area contributed by atoms with E-state index < -0.39 is 23.8 Å². The molecule has 192 valence electrons. The Labute approximate surface area is 209 Å². The van der Waals surface area contributed by atoms with E-state index in [-0.39, 0.29) is 24.7 Å². The maximum Gasteiger partial charge on any atom is 0.328 e. The van der Waals surface area contributed by atoms with E-state index in [0.717, 1.165) is 16.5 Å². The number of nitrogens with two attached hydrogens (primary N) is 2. The highest BCUT2D eigenvalue weighted by atomic mass is 16.5. The summed E-state index contributed by atoms with van der Waals surface area (Å²) in [7, 11) is 1.21. The number of hydrogen-bond donors (Lipinski definition) is 6. The molecule has 3 aromatic heterocycles. The first kappa shape index (κ1) is 25.0. The number of anilines is 3. The quantitative estimate of drug-likeness (QED) is 0.158. The summed E-state index contributed by atoms with van der Waals surface area (Å²) >= 11 is 0. The number of carbonyl (C=O) groups excluding carboxylic acids is 3. The van der Waals surface area contributed by atoms with Gasteiger partial charge in [-0.1, -0.05) is 17.2 Å². The second-order valence-corrected chi connectivity index (χ2v) is 8.07. The van der Waals surface area contributed by atoms with Crippen molar-refractivity contribution in [3.05, 3.63) is 47.2 Å². The van der Waals surface area contributed by atoms with Gasteiger partial charge in [0.05, 0.1) is 12.5 Å². The molecule has 0 saturated carbocycles. The fourth-order valence-electron chi connectivity index (χ4n) is 3.75. The third-order valence-electron chi connectivity index (χ3n) is 5.61. The van der Waals surface area contributed by atoms with Gasteiger partial charge in [0.1, 0.15) is 17.5 Å². The Balaban J connectivity index is 1.33. The second-order valence-electron chi connectivity index (χ2n) is 8.07. The van der Waals surface area contributed by atoms with Crippen LogP contribution in [0.25, 0.3) is 11.0 Å². The van der Waals surface area contributed by atoms with Gasteiger partial charge in [-0.25, -0.2) is 4.79 Å². The fourth-order valence-corrected chi connectivity index (χ4v) is 3.75. The van der Waals surface area contributed by atoms with Crippen molar-refractivity contribution >= 4 is 46.5 Å². The maximum atomic E-state index is 12.7. The number of amides is 2. The minimum absolute atomic E-state index is 0.00920. The number of hydrogen-bond acceptors (Lipinski definition) is 11. The molecule has 0 fully saturated rings. The minimum Gasteiger partial charge on any atom is -0.467 e. The lowest BCUT2D eigenvalue weighted by Crippen LogP contribution is -2.42. The van der Waals surface area contributed by atoms with Gasteiger partial charge in [-0.2, -0.15) is 15.2 Å². The van der Waals surface area contributed by atoms with E-state index in [1.54, 1.807) is 12.1 Å². The molecule has 15 nitrogen and oxygen atoms in total. The van der Waals surface area contributed by atoms with E-state index in [4.69, 9.17) is 16.2 Å². The number of fused-ring (bicyclic) bond motifs is 1. The molecule has 0 unspecified atom stereocenters. The van der Waals surface area contributed by atoms with E-state index in [2.05, 4.69) is 46.2 Å². The van der Waals surface area contributed by atoms with Crippen molar-refractivity contribution in [3.8, 4) is 0 Å². The van der Waals surface area contributed by atoms with Crippen molar-refractivity contribution in [2.24, 2.45) is 0 Å². The molecule has 4 rings (SSSR count). The number of rotatable bonds is 10. The van der Waals surface area contributed by atoms with Gasteiger partial charge in [0.15, 0.2) is 0 Å². The number of nitrogen functional groups attached to an aromatic ring is 2. The summed E-state index contributed by atoms with van der Waals surface area (Å²) in [6, 6.07) is 5.96. The number of esters is 1. The van der Waals surface area contributed by atoms with Crippen LogP contribution in [0.15, 0.2) is 30.5 Å². The van der Waals surface area contributed by atoms with Crippen molar-refractivity contribution in [2.75, 3.05) is 23.9 Å². The maximum absolute atomic E-state index is 12.7. The molecule has 0 radical (unpaired) electrons. The predicted molar refractivity (Wildman–Crippen MR) is 132 cm³/mol. The standard InChI is InChI=1S/C22H25N11O4/c1-37-20(36)14(8-9-15(34)27-22-30-32-33-31-22)26-19(35)12-5-2-11(3-6-12)4-7-13-10-25-18-16(13)17(23)28-21(24)29-18/h2-3,5-6,10,14H,4,7-9H2,1H3,(H,26,35)(H5,23,24,25,28,29)(H2,27,30,31,32,33,34)/t14-/m0/s1. The summed E-state index contributed by atoms with van der Waals surface area (Å²) in [6.45, 7) is 0. The molecular formula is C22H25N11O4. The summed E-state index contributed by atoms with van der Waals surface area (Å²) < 4.78 is 4.77. The molecule has 37 heavy (non-hydrogen) atoms. The van der Waals surface area contributed by atoms with Crippen molar-refractivity contribution in [2.45, 2.75) is 31.7 Å². The molecule has 2 amide bonds. The Hall–Kier alpha value is -5.08. The van der Waals surface area contributed by atoms with Crippen LogP contribution in [0.1, 0.15) is 34.3 Å². The van der Waals surface area contributed by atoms with Crippen molar-refractivity contribution in [1.82, 2.24) is 40.9 Å². The number of nitrogens with zero attached hydrogens (tertiary/aromatic N) is 5. The van der Waals surface area contributed by atoms with Gasteiger partial charge in [0, 0.05) is 18.2 Å². The van der Waals surface area contributed by atoms with Gasteiger partial charge < -0.3 is 26.5 Å². The normalized spacial score (nSPS) is 11.7. The lowest BCUT2D eigenvalue weighted by molar-refractivity contribution is -0.143. The average molecular weight is 508 g/mol. The Morgan fingerprint density at radius 3 is 2.59 bits per heavy atom. The minimum atomic E-state index is -1.02. The monoisotopic (exact) mass is 507 g/mol. The molecule has 1 aromatic carbocycles. The fraction of sp³-hybridized carbons (Fsp3) is 0.273. The molecule has 0 aliphatic heterocycles. The molecular weight excluding hydrogens is 482 g/mol. The predicted octanol–water partition coefficient (Wildman–Crippen LogP) is 0.111. The Morgan fingerprint density at radius 1 is 1.11 bits per heavy atom. The van der Waals surface area contributed by atoms with E-state index in [9.17, 15) is 14.4 Å². The molecule has 3 heterocycles. The number of ether oxygens (including phenoxy) is 1. The van der Waals surface area contributed by atoms with Crippen LogP contribution in [-0.2, 0) is 27.2 Å². The Morgan fingerprint density at radius 2 is 1.89 bits per heavy atom. The summed E-state index contributed by atoms with van der Waals surface area (Å²) in [5, 5.41) is 18.6. The molecule has 0 spiro atoms. The number of benzene rings is 1. The summed E-state index contributed by atoms with van der Waals surface area (Å²) in [4.78, 5) is 48.2. The van der Waals surface area contributed by atoms with Crippen LogP contribution in [0.5, 0.6) is 0 Å². The first-order valence-electron chi connectivity index (χ1n) is 11.2. The molecule has 0 aliphatic rings. The van der Waals surface area contributed by atoms with Crippen LogP contribution in [-0.4, -0.2) is 66.5 Å². The van der Waals surface area contributed by atoms with Gasteiger partial charge in [0.25, 0.3) is 11.9 Å². The molecule has 0 aliphatic carbocycles. The lowest BCUT2D eigenvalue weighted by Gasteiger charge is -2.16. The number of tetrazole rings is 1. The summed E-state index contributed by atoms with van der Waals surface area (Å²) in [5.41, 5.74) is 14.5. The van der Waals surface area contributed by atoms with E-state index in [0.29, 0.717) is 29.9 Å². The Bertz CT molecular complexity index is 1400. The molecule has 0 saturated heterocycles. The smallest absolute Gasteiger partial charge is 0.328 e. The van der Waals surface area contributed by atoms with Crippen LogP contribution < -0.4 is 22.1 Å². The third kappa shape index (κ3) is 6.14. The van der Waals surface area contributed by atoms with Crippen LogP contribution in [0, 0.1) is 0 Å². The molecule has 15 heteroatoms. The van der Waals surface area contributed by atoms with E-state index in [1.807, 2.05) is 18.3 Å². The number of carbonyl (C=O) groups is 3. The van der Waals surface area contributed by atoms with Crippen LogP contribution in [0.3, 0.4) is 0 Å². The SMILES string of the molecule is COC(=O)[C@H](CCC(=O)Nc1nn[nH]n1)NC(=O)c1ccc(CCc2c[nH]c3nc(N)nc(N)c23)cc1. The third-order valence-corrected chi connectivity index (χ3v) is 5.61. The average Bonchev–Trinajstić information content (AvgIpc) is 3.54. The molecule has 1 atom stereocenters. The zero-order chi connectivity index (χ0) is 26.4. The summed E-state index contributed by atoms with van der Waals surface area (Å²) in [6.07, 6.45) is 3.11. The highest BCUT2D eigenvalue weighted by molar-refractivity contribution is 5.97. The first-order chi connectivity index (χ1) is 17.8. The van der Waals surface area contributed by atoms with Gasteiger partial charge >= 0.3 is 5.97 Å². The first-order valence-corrected chi connectivity index (χ1v) is 11.2. The number of aryl methyl sites for hydroxylation is 2. The lowest BCUT2D eigenvalue weighted by atomic mass is 10.0. The van der Waals surface area contributed by atoms with Crippen LogP contribution >= 0.6 is 0 Å². The molecule has 8 N–H and O–H groups in total. The highest BCUT2D eigenvalue weighted by Crippen LogP contribution is 2.24. The van der Waals surface area contributed by atoms with Gasteiger partial charge in [-0.05, 0) is 47.7 Å². The van der Waals surface area contributed by atoms with Crippen molar-refractivity contribution in [1.29, 1.82) is 0 Å². The van der Waals surface area contributed by atoms with Gasteiger partial charge in [-0.3, -0.25) is 14.9 Å². The molecule has 4 aromatic rings. The van der Waals surface area contributed by atoms with Crippen LogP contribution in [0.4, 0.5) is 17.7 Å². The van der Waals surface area contributed by atoms with Gasteiger partial charge in [-0.15, -0.1) is 5.10 Å². The number of nitrogens with one attached hydrogen (secondary N) is 4. The van der Waals surface area contributed by atoms with E-state index >= 15 is 0 Å². The van der Waals surface area contributed by atoms with Crippen molar-refractivity contribution < 1.29 is 19.1 Å². The number of H-pyrrole nitrogens is 2. The van der Waals surface area contributed by atoms with E-state index in [1.165, 1.54) is 7.11 Å². The number of aromatic amines is 2. The van der Waals surface area contributed by atoms with Crippen LogP contribution in [0.2, 0.25) is 0 Å². The second kappa shape index (κ2) is 11.1. The van der Waals surface area contributed by atoms with Crippen molar-refractivity contribution in [3.63, 3.8) is 0 Å². The zero-order valence-electron chi connectivity index (χ0n) is 19.8. The molecule has 0 bridgehead atoms. The highest BCUT2D eigenvalue weighted by Gasteiger charge is 2.23. The number of methoxy groups -OCH3 is 1. The Kier molecular flexibility index (Phi) is 7.51.